The zero-order chi connectivity index (χ0) is 12.1. The zero-order valence-corrected chi connectivity index (χ0v) is 9.37. The van der Waals surface area contributed by atoms with E-state index in [-0.39, 0.29) is 5.69 Å². The van der Waals surface area contributed by atoms with Crippen LogP contribution in [0.5, 0.6) is 0 Å². The molecule has 0 spiro atoms. The molecule has 0 aliphatic rings. The van der Waals surface area contributed by atoms with E-state index in [4.69, 9.17) is 0 Å². The van der Waals surface area contributed by atoms with Gasteiger partial charge in [0.05, 0.1) is 0 Å². The Hall–Kier alpha value is -2.43. The van der Waals surface area contributed by atoms with E-state index in [1.807, 2.05) is 36.4 Å². The highest BCUT2D eigenvalue weighted by Crippen LogP contribution is 1.99. The lowest BCUT2D eigenvalue weighted by Gasteiger charge is -1.90. The van der Waals surface area contributed by atoms with Gasteiger partial charge in [-0.05, 0) is 18.6 Å². The van der Waals surface area contributed by atoms with Gasteiger partial charge in [-0.1, -0.05) is 36.4 Å². The molecule has 0 bridgehead atoms. The molecule has 5 nitrogen and oxygen atoms in total. The standard InChI is InChI=1S/C12H12N4O/c1-10-14-15-12(17)16(10)13-9-5-8-11-6-3-2-4-7-11/h2-9H,1H3,(H,15,17)/b8-5+,13-9+. The van der Waals surface area contributed by atoms with Gasteiger partial charge in [0.25, 0.3) is 0 Å². The van der Waals surface area contributed by atoms with Crippen molar-refractivity contribution >= 4 is 12.3 Å². The van der Waals surface area contributed by atoms with Crippen LogP contribution in [0.1, 0.15) is 11.4 Å². The number of allylic oxidation sites excluding steroid dienone is 1. The van der Waals surface area contributed by atoms with Crippen molar-refractivity contribution in [2.45, 2.75) is 6.92 Å². The van der Waals surface area contributed by atoms with Crippen molar-refractivity contribution in [2.75, 3.05) is 0 Å². The van der Waals surface area contributed by atoms with Crippen molar-refractivity contribution in [2.24, 2.45) is 5.10 Å². The molecule has 0 aliphatic carbocycles. The van der Waals surface area contributed by atoms with Crippen LogP contribution < -0.4 is 5.69 Å². The molecular formula is C12H12N4O. The third-order valence-electron chi connectivity index (χ3n) is 2.17. The molecule has 0 fully saturated rings. The van der Waals surface area contributed by atoms with Gasteiger partial charge in [0, 0.05) is 6.21 Å². The maximum atomic E-state index is 11.2. The topological polar surface area (TPSA) is 63.0 Å². The van der Waals surface area contributed by atoms with E-state index in [1.165, 1.54) is 4.68 Å². The molecule has 86 valence electrons. The van der Waals surface area contributed by atoms with Gasteiger partial charge in [0.1, 0.15) is 0 Å². The second-order valence-corrected chi connectivity index (χ2v) is 3.42. The van der Waals surface area contributed by atoms with Crippen molar-refractivity contribution in [1.29, 1.82) is 0 Å². The van der Waals surface area contributed by atoms with E-state index in [1.54, 1.807) is 19.2 Å². The number of H-pyrrole nitrogens is 1. The molecule has 1 aromatic heterocycles. The van der Waals surface area contributed by atoms with Gasteiger partial charge in [0.15, 0.2) is 5.82 Å². The summed E-state index contributed by atoms with van der Waals surface area (Å²) < 4.78 is 1.20. The van der Waals surface area contributed by atoms with Crippen LogP contribution in [0, 0.1) is 6.92 Å². The predicted octanol–water partition coefficient (Wildman–Crippen LogP) is 1.43. The normalized spacial score (nSPS) is 11.6. The van der Waals surface area contributed by atoms with E-state index in [2.05, 4.69) is 15.3 Å². The summed E-state index contributed by atoms with van der Waals surface area (Å²) in [6.45, 7) is 1.70. The molecule has 0 amide bonds. The van der Waals surface area contributed by atoms with Gasteiger partial charge in [-0.15, -0.1) is 0 Å². The summed E-state index contributed by atoms with van der Waals surface area (Å²) in [5, 5.41) is 10.0. The van der Waals surface area contributed by atoms with Crippen molar-refractivity contribution in [3.05, 3.63) is 58.3 Å². The first-order valence-corrected chi connectivity index (χ1v) is 5.17. The third kappa shape index (κ3) is 2.78. The lowest BCUT2D eigenvalue weighted by Crippen LogP contribution is -2.13. The Kier molecular flexibility index (Phi) is 3.30. The molecule has 1 N–H and O–H groups in total. The zero-order valence-electron chi connectivity index (χ0n) is 9.37. The van der Waals surface area contributed by atoms with Gasteiger partial charge in [-0.3, -0.25) is 0 Å². The summed E-state index contributed by atoms with van der Waals surface area (Å²) in [5.41, 5.74) is 0.738. The minimum atomic E-state index is -0.341. The fourth-order valence-corrected chi connectivity index (χ4v) is 1.33. The van der Waals surface area contributed by atoms with E-state index in [0.29, 0.717) is 5.82 Å². The molecule has 17 heavy (non-hydrogen) atoms. The van der Waals surface area contributed by atoms with Gasteiger partial charge >= 0.3 is 5.69 Å². The molecule has 0 atom stereocenters. The van der Waals surface area contributed by atoms with Crippen LogP contribution in [0.4, 0.5) is 0 Å². The Balaban J connectivity index is 2.09. The van der Waals surface area contributed by atoms with Crippen molar-refractivity contribution < 1.29 is 0 Å². The summed E-state index contributed by atoms with van der Waals surface area (Å²) in [6.07, 6.45) is 5.23. The Morgan fingerprint density at radius 3 is 2.76 bits per heavy atom. The lowest BCUT2D eigenvalue weighted by molar-refractivity contribution is 0.800. The average molecular weight is 228 g/mol. The van der Waals surface area contributed by atoms with Crippen LogP contribution in [0.2, 0.25) is 0 Å². The Morgan fingerprint density at radius 2 is 2.12 bits per heavy atom. The first-order chi connectivity index (χ1) is 8.27. The number of benzene rings is 1. The number of aromatic nitrogens is 3. The van der Waals surface area contributed by atoms with E-state index >= 15 is 0 Å². The van der Waals surface area contributed by atoms with Crippen LogP contribution in [0.25, 0.3) is 6.08 Å². The second kappa shape index (κ2) is 5.07. The number of nitrogens with zero attached hydrogens (tertiary/aromatic N) is 3. The highest BCUT2D eigenvalue weighted by molar-refractivity contribution is 5.78. The largest absolute Gasteiger partial charge is 0.364 e. The lowest BCUT2D eigenvalue weighted by atomic mass is 10.2. The molecule has 0 saturated heterocycles. The molecule has 2 aromatic rings. The molecule has 1 aromatic carbocycles. The highest BCUT2D eigenvalue weighted by Gasteiger charge is 1.98. The fraction of sp³-hybridized carbons (Fsp3) is 0.0833. The number of aryl methyl sites for hydroxylation is 1. The van der Waals surface area contributed by atoms with Crippen LogP contribution in [0.15, 0.2) is 46.3 Å². The van der Waals surface area contributed by atoms with E-state index < -0.39 is 0 Å². The molecule has 0 unspecified atom stereocenters. The summed E-state index contributed by atoms with van der Waals surface area (Å²) in [7, 11) is 0. The van der Waals surface area contributed by atoms with Crippen molar-refractivity contribution in [3.8, 4) is 0 Å². The summed E-state index contributed by atoms with van der Waals surface area (Å²) in [5.74, 6) is 0.527. The van der Waals surface area contributed by atoms with E-state index in [0.717, 1.165) is 5.56 Å². The van der Waals surface area contributed by atoms with Gasteiger partial charge in [-0.2, -0.15) is 14.9 Å². The maximum Gasteiger partial charge on any atom is 0.364 e. The molecular weight excluding hydrogens is 216 g/mol. The Bertz CT molecular complexity index is 592. The number of hydrogen-bond donors (Lipinski definition) is 1. The maximum absolute atomic E-state index is 11.2. The van der Waals surface area contributed by atoms with Gasteiger partial charge in [-0.25, -0.2) is 9.89 Å². The smallest absolute Gasteiger partial charge is 0.244 e. The summed E-state index contributed by atoms with van der Waals surface area (Å²) in [6, 6.07) is 9.85. The summed E-state index contributed by atoms with van der Waals surface area (Å²) in [4.78, 5) is 11.2. The Labute approximate surface area is 98.1 Å². The highest BCUT2D eigenvalue weighted by atomic mass is 16.2. The SMILES string of the molecule is Cc1n[nH]c(=O)n1/N=C/C=C/c1ccccc1. The van der Waals surface area contributed by atoms with Crippen molar-refractivity contribution in [3.63, 3.8) is 0 Å². The minimum absolute atomic E-state index is 0.341. The first kappa shape index (κ1) is 11.1. The molecule has 5 heteroatoms. The molecule has 0 aliphatic heterocycles. The average Bonchev–Trinajstić information content (AvgIpc) is 2.67. The predicted molar refractivity (Wildman–Crippen MR) is 67.0 cm³/mol. The number of rotatable bonds is 3. The van der Waals surface area contributed by atoms with Gasteiger partial charge < -0.3 is 0 Å². The van der Waals surface area contributed by atoms with E-state index in [9.17, 15) is 4.79 Å². The monoisotopic (exact) mass is 228 g/mol. The number of aromatic amines is 1. The Morgan fingerprint density at radius 1 is 1.35 bits per heavy atom. The third-order valence-corrected chi connectivity index (χ3v) is 2.17. The second-order valence-electron chi connectivity index (χ2n) is 3.42. The molecule has 1 heterocycles. The molecule has 2 rings (SSSR count). The molecule has 0 saturated carbocycles. The first-order valence-electron chi connectivity index (χ1n) is 5.17. The number of hydrogen-bond acceptors (Lipinski definition) is 3. The van der Waals surface area contributed by atoms with Crippen LogP contribution in [-0.4, -0.2) is 21.1 Å². The fourth-order valence-electron chi connectivity index (χ4n) is 1.33. The summed E-state index contributed by atoms with van der Waals surface area (Å²) >= 11 is 0. The van der Waals surface area contributed by atoms with Crippen LogP contribution >= 0.6 is 0 Å². The van der Waals surface area contributed by atoms with Crippen molar-refractivity contribution in [1.82, 2.24) is 14.9 Å². The van der Waals surface area contributed by atoms with Crippen LogP contribution in [0.3, 0.4) is 0 Å². The van der Waals surface area contributed by atoms with Gasteiger partial charge in [0.2, 0.25) is 0 Å². The van der Waals surface area contributed by atoms with Crippen LogP contribution in [-0.2, 0) is 0 Å². The minimum Gasteiger partial charge on any atom is -0.244 e. The number of nitrogens with one attached hydrogen (secondary N) is 1. The quantitative estimate of drug-likeness (QED) is 0.808. The molecule has 0 radical (unpaired) electrons.